The van der Waals surface area contributed by atoms with Gasteiger partial charge < -0.3 is 5.43 Å². The van der Waals surface area contributed by atoms with Crippen LogP contribution in [-0.2, 0) is 0 Å². The lowest BCUT2D eigenvalue weighted by atomic mass is 10.0. The molecule has 0 saturated heterocycles. The fraction of sp³-hybridized carbons (Fsp3) is 0.188. The van der Waals surface area contributed by atoms with Crippen LogP contribution in [0.2, 0.25) is 0 Å². The van der Waals surface area contributed by atoms with Crippen LogP contribution in [0, 0.1) is 0 Å². The van der Waals surface area contributed by atoms with Gasteiger partial charge >= 0.3 is 0 Å². The summed E-state index contributed by atoms with van der Waals surface area (Å²) in [5.74, 6) is 0. The molecule has 0 spiro atoms. The zero-order valence-corrected chi connectivity index (χ0v) is 10.6. The molecule has 0 aliphatic carbocycles. The second-order valence-electron chi connectivity index (χ2n) is 4.10. The summed E-state index contributed by atoms with van der Waals surface area (Å²) in [6.45, 7) is 3.02. The smallest absolute Gasteiger partial charge is 0.0973 e. The Morgan fingerprint density at radius 2 is 1.39 bits per heavy atom. The first-order valence-electron chi connectivity index (χ1n) is 6.33. The fourth-order valence-corrected chi connectivity index (χ4v) is 1.73. The number of nitrogens with one attached hydrogen (secondary N) is 1. The van der Waals surface area contributed by atoms with Crippen LogP contribution in [0.1, 0.15) is 24.5 Å². The predicted octanol–water partition coefficient (Wildman–Crippen LogP) is 3.44. The molecule has 1 N–H and O–H groups in total. The van der Waals surface area contributed by atoms with E-state index in [1.54, 1.807) is 0 Å². The summed E-state index contributed by atoms with van der Waals surface area (Å²) in [6.07, 6.45) is 1.07. The Hall–Kier alpha value is -2.09. The van der Waals surface area contributed by atoms with E-state index in [4.69, 9.17) is 0 Å². The molecule has 2 aromatic rings. The van der Waals surface area contributed by atoms with Gasteiger partial charge in [-0.15, -0.1) is 0 Å². The molecule has 0 amide bonds. The first-order chi connectivity index (χ1) is 8.92. The van der Waals surface area contributed by atoms with Crippen molar-refractivity contribution in [2.24, 2.45) is 5.10 Å². The summed E-state index contributed by atoms with van der Waals surface area (Å²) in [5, 5.41) is 4.52. The van der Waals surface area contributed by atoms with E-state index in [1.165, 1.54) is 0 Å². The van der Waals surface area contributed by atoms with Crippen LogP contribution >= 0.6 is 0 Å². The number of benzene rings is 2. The molecule has 0 atom stereocenters. The summed E-state index contributed by atoms with van der Waals surface area (Å²) in [7, 11) is 0. The standard InChI is InChI=1S/C16H18N2/c1-2-13-17-18-16(14-9-5-3-6-10-14)15-11-7-4-8-12-15/h3-12,17H,2,13H2,1H3. The fourth-order valence-electron chi connectivity index (χ4n) is 1.73. The lowest BCUT2D eigenvalue weighted by Gasteiger charge is -2.07. The molecule has 2 heteroatoms. The van der Waals surface area contributed by atoms with Crippen LogP contribution in [-0.4, -0.2) is 12.3 Å². The van der Waals surface area contributed by atoms with Gasteiger partial charge in [-0.3, -0.25) is 0 Å². The van der Waals surface area contributed by atoms with Gasteiger partial charge in [0.25, 0.3) is 0 Å². The highest BCUT2D eigenvalue weighted by molar-refractivity contribution is 6.12. The molecule has 0 aliphatic heterocycles. The zero-order chi connectivity index (χ0) is 12.6. The van der Waals surface area contributed by atoms with Gasteiger partial charge in [0.15, 0.2) is 0 Å². The van der Waals surface area contributed by atoms with Crippen molar-refractivity contribution in [3.8, 4) is 0 Å². The van der Waals surface area contributed by atoms with Crippen LogP contribution in [0.15, 0.2) is 65.8 Å². The van der Waals surface area contributed by atoms with Gasteiger partial charge in [0, 0.05) is 17.7 Å². The molecule has 0 bridgehead atoms. The third-order valence-corrected chi connectivity index (χ3v) is 2.65. The zero-order valence-electron chi connectivity index (χ0n) is 10.6. The molecule has 2 aromatic carbocycles. The second kappa shape index (κ2) is 6.60. The first kappa shape index (κ1) is 12.4. The summed E-state index contributed by atoms with van der Waals surface area (Å²) in [5.41, 5.74) is 6.37. The molecule has 0 fully saturated rings. The molecule has 0 radical (unpaired) electrons. The van der Waals surface area contributed by atoms with Gasteiger partial charge in [-0.1, -0.05) is 67.6 Å². The van der Waals surface area contributed by atoms with Crippen molar-refractivity contribution >= 4 is 5.71 Å². The van der Waals surface area contributed by atoms with Crippen molar-refractivity contribution < 1.29 is 0 Å². The minimum Gasteiger partial charge on any atom is -0.309 e. The summed E-state index contributed by atoms with van der Waals surface area (Å²) < 4.78 is 0. The number of hydrogen-bond donors (Lipinski definition) is 1. The van der Waals surface area contributed by atoms with E-state index in [2.05, 4.69) is 41.7 Å². The number of nitrogens with zero attached hydrogens (tertiary/aromatic N) is 1. The molecule has 0 unspecified atom stereocenters. The second-order valence-corrected chi connectivity index (χ2v) is 4.10. The normalized spacial score (nSPS) is 9.83. The van der Waals surface area contributed by atoms with E-state index in [1.807, 2.05) is 36.4 Å². The van der Waals surface area contributed by atoms with Crippen LogP contribution in [0.5, 0.6) is 0 Å². The highest BCUT2D eigenvalue weighted by Gasteiger charge is 2.05. The van der Waals surface area contributed by atoms with Crippen molar-refractivity contribution in [3.63, 3.8) is 0 Å². The maximum atomic E-state index is 4.52. The van der Waals surface area contributed by atoms with Crippen molar-refractivity contribution in [2.45, 2.75) is 13.3 Å². The predicted molar refractivity (Wildman–Crippen MR) is 76.8 cm³/mol. The Morgan fingerprint density at radius 3 is 1.83 bits per heavy atom. The number of hydrogen-bond acceptors (Lipinski definition) is 2. The first-order valence-corrected chi connectivity index (χ1v) is 6.33. The third kappa shape index (κ3) is 3.20. The van der Waals surface area contributed by atoms with Crippen molar-refractivity contribution in [1.29, 1.82) is 0 Å². The van der Waals surface area contributed by atoms with E-state index in [-0.39, 0.29) is 0 Å². The molecule has 0 saturated carbocycles. The van der Waals surface area contributed by atoms with Crippen molar-refractivity contribution in [3.05, 3.63) is 71.8 Å². The van der Waals surface area contributed by atoms with Gasteiger partial charge in [-0.05, 0) is 6.42 Å². The highest BCUT2D eigenvalue weighted by Crippen LogP contribution is 2.10. The summed E-state index contributed by atoms with van der Waals surface area (Å²) >= 11 is 0. The summed E-state index contributed by atoms with van der Waals surface area (Å²) in [6, 6.07) is 20.5. The van der Waals surface area contributed by atoms with Gasteiger partial charge in [0.1, 0.15) is 0 Å². The van der Waals surface area contributed by atoms with E-state index < -0.39 is 0 Å². The van der Waals surface area contributed by atoms with E-state index in [9.17, 15) is 0 Å². The van der Waals surface area contributed by atoms with Crippen LogP contribution in [0.25, 0.3) is 0 Å². The Morgan fingerprint density at radius 1 is 0.889 bits per heavy atom. The molecule has 0 aromatic heterocycles. The highest BCUT2D eigenvalue weighted by atomic mass is 15.3. The van der Waals surface area contributed by atoms with E-state index in [0.29, 0.717) is 0 Å². The van der Waals surface area contributed by atoms with Crippen LogP contribution in [0.3, 0.4) is 0 Å². The molecule has 0 aliphatic rings. The third-order valence-electron chi connectivity index (χ3n) is 2.65. The van der Waals surface area contributed by atoms with Gasteiger partial charge in [-0.25, -0.2) is 0 Å². The molecule has 2 rings (SSSR count). The quantitative estimate of drug-likeness (QED) is 0.481. The number of rotatable bonds is 5. The summed E-state index contributed by atoms with van der Waals surface area (Å²) in [4.78, 5) is 0. The molecule has 0 heterocycles. The van der Waals surface area contributed by atoms with Crippen molar-refractivity contribution in [2.75, 3.05) is 6.54 Å². The lowest BCUT2D eigenvalue weighted by Crippen LogP contribution is -2.13. The van der Waals surface area contributed by atoms with Gasteiger partial charge in [0.2, 0.25) is 0 Å². The van der Waals surface area contributed by atoms with E-state index in [0.717, 1.165) is 29.8 Å². The Kier molecular flexibility index (Phi) is 4.53. The Bertz CT molecular complexity index is 448. The average molecular weight is 238 g/mol. The molecular weight excluding hydrogens is 220 g/mol. The monoisotopic (exact) mass is 238 g/mol. The maximum absolute atomic E-state index is 4.52. The van der Waals surface area contributed by atoms with Crippen LogP contribution in [0.4, 0.5) is 0 Å². The molecule has 92 valence electrons. The van der Waals surface area contributed by atoms with Gasteiger partial charge in [0.05, 0.1) is 5.71 Å². The Balaban J connectivity index is 2.33. The maximum Gasteiger partial charge on any atom is 0.0973 e. The van der Waals surface area contributed by atoms with Crippen LogP contribution < -0.4 is 5.43 Å². The number of hydrazone groups is 1. The topological polar surface area (TPSA) is 24.4 Å². The molecular formula is C16H18N2. The lowest BCUT2D eigenvalue weighted by molar-refractivity contribution is 0.717. The average Bonchev–Trinajstić information content (AvgIpc) is 2.46. The largest absolute Gasteiger partial charge is 0.309 e. The molecule has 18 heavy (non-hydrogen) atoms. The van der Waals surface area contributed by atoms with Gasteiger partial charge in [-0.2, -0.15) is 5.10 Å². The van der Waals surface area contributed by atoms with E-state index >= 15 is 0 Å². The minimum absolute atomic E-state index is 0.892. The molecule has 2 nitrogen and oxygen atoms in total. The minimum atomic E-state index is 0.892. The SMILES string of the molecule is CCCNN=C(c1ccccc1)c1ccccc1. The Labute approximate surface area is 108 Å². The van der Waals surface area contributed by atoms with Crippen molar-refractivity contribution in [1.82, 2.24) is 5.43 Å².